The van der Waals surface area contributed by atoms with Crippen molar-refractivity contribution in [2.24, 2.45) is 0 Å². The molecule has 1 unspecified atom stereocenters. The van der Waals surface area contributed by atoms with Gasteiger partial charge in [0.05, 0.1) is 33.5 Å². The highest BCUT2D eigenvalue weighted by Crippen LogP contribution is 2.51. The van der Waals surface area contributed by atoms with Gasteiger partial charge < -0.3 is 28.0 Å². The number of nitrogens with zero attached hydrogens (tertiary/aromatic N) is 2. The van der Waals surface area contributed by atoms with Gasteiger partial charge in [-0.25, -0.2) is 9.46 Å². The smallest absolute Gasteiger partial charge is 0.330 e. The van der Waals surface area contributed by atoms with Crippen LogP contribution in [0.25, 0.3) is 0 Å². The third-order valence-corrected chi connectivity index (χ3v) is 13.7. The van der Waals surface area contributed by atoms with E-state index in [1.165, 1.54) is 4.57 Å². The van der Waals surface area contributed by atoms with Crippen LogP contribution in [0.2, 0.25) is 25.7 Å². The van der Waals surface area contributed by atoms with Crippen molar-refractivity contribution in [2.75, 3.05) is 27.4 Å². The highest BCUT2D eigenvalue weighted by Gasteiger charge is 2.45. The molecule has 4 aromatic rings. The molecule has 1 fully saturated rings. The lowest BCUT2D eigenvalue weighted by Crippen LogP contribution is -2.40. The van der Waals surface area contributed by atoms with Crippen LogP contribution in [0.15, 0.2) is 94.6 Å². The van der Waals surface area contributed by atoms with E-state index in [1.807, 2.05) is 66.7 Å². The molecule has 1 aromatic heterocycles. The average Bonchev–Trinajstić information content (AvgIpc) is 3.55. The molecule has 298 valence electrons. The first kappa shape index (κ1) is 42.5. The molecule has 0 radical (unpaired) electrons. The lowest BCUT2D eigenvalue weighted by atomic mass is 9.80. The van der Waals surface area contributed by atoms with Crippen LogP contribution in [0.1, 0.15) is 62.6 Å². The zero-order chi connectivity index (χ0) is 39.9. The zero-order valence-electron chi connectivity index (χ0n) is 33.9. The van der Waals surface area contributed by atoms with Gasteiger partial charge in [-0.2, -0.15) is 0 Å². The van der Waals surface area contributed by atoms with Gasteiger partial charge in [-0.1, -0.05) is 74.2 Å². The highest BCUT2D eigenvalue weighted by atomic mass is 31.2. The Kier molecular flexibility index (Phi) is 14.3. The molecule has 0 amide bonds. The molecule has 0 spiro atoms. The Morgan fingerprint density at radius 3 is 1.93 bits per heavy atom. The summed E-state index contributed by atoms with van der Waals surface area (Å²) in [5.74, 6) is 1.44. The summed E-state index contributed by atoms with van der Waals surface area (Å²) >= 11 is 0. The molecule has 11 nitrogen and oxygen atoms in total. The first-order valence-corrected chi connectivity index (χ1v) is 23.8. The molecular weight excluding hydrogens is 734 g/mol. The third-order valence-electron chi connectivity index (χ3n) is 9.80. The van der Waals surface area contributed by atoms with Crippen molar-refractivity contribution in [2.45, 2.75) is 103 Å². The Bertz CT molecular complexity index is 1870. The third kappa shape index (κ3) is 10.2. The van der Waals surface area contributed by atoms with Crippen molar-refractivity contribution >= 4 is 16.6 Å². The Morgan fingerprint density at radius 1 is 0.873 bits per heavy atom. The molecule has 1 N–H and O–H groups in total. The Labute approximate surface area is 327 Å². The molecule has 5 rings (SSSR count). The van der Waals surface area contributed by atoms with Crippen LogP contribution in [0.3, 0.4) is 0 Å². The molecule has 2 heterocycles. The lowest BCUT2D eigenvalue weighted by Gasteiger charge is -2.39. The monoisotopic (exact) mass is 791 g/mol. The maximum Gasteiger partial charge on any atom is 0.330 e. The molecule has 1 aliphatic rings. The molecule has 55 heavy (non-hydrogen) atoms. The van der Waals surface area contributed by atoms with Gasteiger partial charge in [0.15, 0.2) is 0 Å². The summed E-state index contributed by atoms with van der Waals surface area (Å²) in [4.78, 5) is 28.0. The number of H-pyrrole nitrogens is 1. The summed E-state index contributed by atoms with van der Waals surface area (Å²) in [6.07, 6.45) is 0.0120. The summed E-state index contributed by atoms with van der Waals surface area (Å²) in [5, 5.41) is 0. The van der Waals surface area contributed by atoms with E-state index in [-0.39, 0.29) is 18.7 Å². The standard InChI is InChI=1S/C42H58N3O8PSi/c1-29(2)45(30(3)4)54(51-24-25-55(8,9)10)53-37-26-39(44-27-31(5)40(46)43-41(44)47)52-38(37)28-50-42(32-14-12-11-13-15-32,33-16-20-35(48-6)21-17-33)34-18-22-36(49-7)23-19-34/h11-23,27,29-30,37-39H,24-26,28H2,1-10H3,(H,43,46,47)/t37-,38+,39+,54?/m0/s1. The Balaban J connectivity index is 1.60. The number of methoxy groups -OCH3 is 2. The molecule has 4 atom stereocenters. The maximum absolute atomic E-state index is 13.2. The maximum atomic E-state index is 13.2. The molecule has 0 aliphatic carbocycles. The van der Waals surface area contributed by atoms with Crippen molar-refractivity contribution in [3.63, 3.8) is 0 Å². The van der Waals surface area contributed by atoms with E-state index in [0.29, 0.717) is 18.6 Å². The normalized spacial score (nSPS) is 18.3. The van der Waals surface area contributed by atoms with Crippen LogP contribution < -0.4 is 20.7 Å². The number of hydrogen-bond acceptors (Lipinski definition) is 9. The molecule has 3 aromatic carbocycles. The van der Waals surface area contributed by atoms with Gasteiger partial charge in [-0.3, -0.25) is 14.3 Å². The van der Waals surface area contributed by atoms with E-state index >= 15 is 0 Å². The summed E-state index contributed by atoms with van der Waals surface area (Å²) in [5.41, 5.74) is 1.01. The van der Waals surface area contributed by atoms with Crippen molar-refractivity contribution < 1.29 is 28.0 Å². The second-order valence-corrected chi connectivity index (χ2v) is 22.8. The topological polar surface area (TPSA) is 113 Å². The van der Waals surface area contributed by atoms with Gasteiger partial charge in [-0.15, -0.1) is 0 Å². The minimum absolute atomic E-state index is 0.0899. The van der Waals surface area contributed by atoms with E-state index in [9.17, 15) is 9.59 Å². The van der Waals surface area contributed by atoms with Gasteiger partial charge in [0.1, 0.15) is 29.4 Å². The quantitative estimate of drug-likeness (QED) is 0.0605. The molecule has 0 bridgehead atoms. The van der Waals surface area contributed by atoms with E-state index in [0.717, 1.165) is 34.2 Å². The first-order valence-electron chi connectivity index (χ1n) is 19.0. The minimum Gasteiger partial charge on any atom is -0.497 e. The summed E-state index contributed by atoms with van der Waals surface area (Å²) in [6.45, 7) is 17.9. The number of aromatic amines is 1. The number of benzene rings is 3. The van der Waals surface area contributed by atoms with Crippen molar-refractivity contribution in [3.05, 3.63) is 128 Å². The number of hydrogen-bond donors (Lipinski definition) is 1. The van der Waals surface area contributed by atoms with Gasteiger partial charge in [0, 0.05) is 38.3 Å². The van der Waals surface area contributed by atoms with Gasteiger partial charge in [-0.05, 0) is 81.6 Å². The predicted octanol–water partition coefficient (Wildman–Crippen LogP) is 8.24. The first-order chi connectivity index (χ1) is 26.2. The van der Waals surface area contributed by atoms with Crippen LogP contribution >= 0.6 is 8.53 Å². The summed E-state index contributed by atoms with van der Waals surface area (Å²) in [6, 6.07) is 27.1. The van der Waals surface area contributed by atoms with Crippen LogP contribution in [-0.4, -0.2) is 74.0 Å². The highest BCUT2D eigenvalue weighted by molar-refractivity contribution is 7.44. The lowest BCUT2D eigenvalue weighted by molar-refractivity contribution is -0.0925. The number of aryl methyl sites for hydroxylation is 1. The Hall–Kier alpha value is -3.61. The molecule has 1 aliphatic heterocycles. The van der Waals surface area contributed by atoms with E-state index in [4.69, 9.17) is 28.0 Å². The van der Waals surface area contributed by atoms with Crippen molar-refractivity contribution in [3.8, 4) is 11.5 Å². The second kappa shape index (κ2) is 18.6. The number of aromatic nitrogens is 2. The fraction of sp³-hybridized carbons (Fsp3) is 0.476. The zero-order valence-corrected chi connectivity index (χ0v) is 35.8. The van der Waals surface area contributed by atoms with Crippen molar-refractivity contribution in [1.29, 1.82) is 0 Å². The van der Waals surface area contributed by atoms with E-state index in [1.54, 1.807) is 27.3 Å². The Morgan fingerprint density at radius 2 is 1.42 bits per heavy atom. The predicted molar refractivity (Wildman–Crippen MR) is 221 cm³/mol. The molecule has 0 saturated carbocycles. The van der Waals surface area contributed by atoms with Crippen LogP contribution in [-0.2, 0) is 24.1 Å². The second-order valence-electron chi connectivity index (χ2n) is 15.8. The minimum atomic E-state index is -1.54. The van der Waals surface area contributed by atoms with Crippen LogP contribution in [0.5, 0.6) is 11.5 Å². The average molecular weight is 792 g/mol. The van der Waals surface area contributed by atoms with E-state index < -0.39 is 51.9 Å². The van der Waals surface area contributed by atoms with Crippen LogP contribution in [0.4, 0.5) is 0 Å². The van der Waals surface area contributed by atoms with Gasteiger partial charge in [0.25, 0.3) is 14.1 Å². The largest absolute Gasteiger partial charge is 0.497 e. The van der Waals surface area contributed by atoms with Crippen molar-refractivity contribution in [1.82, 2.24) is 14.2 Å². The fourth-order valence-electron chi connectivity index (χ4n) is 6.88. The number of ether oxygens (including phenoxy) is 4. The van der Waals surface area contributed by atoms with Gasteiger partial charge >= 0.3 is 5.69 Å². The molecular formula is C42H58N3O8PSi. The SMILES string of the molecule is COc1ccc(C(OC[C@H]2O[C@@H](n3cc(C)c(=O)[nH]c3=O)C[C@@H]2OP(OCC[Si](C)(C)C)N(C(C)C)C(C)C)(c2ccccc2)c2ccc(OC)cc2)cc1. The molecule has 13 heteroatoms. The summed E-state index contributed by atoms with van der Waals surface area (Å²) in [7, 11) is 0.353. The number of rotatable bonds is 18. The van der Waals surface area contributed by atoms with E-state index in [2.05, 4.69) is 69.1 Å². The fourth-order valence-corrected chi connectivity index (χ4v) is 9.53. The van der Waals surface area contributed by atoms with Crippen LogP contribution in [0, 0.1) is 6.92 Å². The van der Waals surface area contributed by atoms with Gasteiger partial charge in [0.2, 0.25) is 0 Å². The number of nitrogens with one attached hydrogen (secondary N) is 1. The summed E-state index contributed by atoms with van der Waals surface area (Å²) < 4.78 is 42.6. The molecule has 1 saturated heterocycles.